The van der Waals surface area contributed by atoms with Gasteiger partial charge in [0.15, 0.2) is 0 Å². The number of methoxy groups -OCH3 is 1. The zero-order valence-corrected chi connectivity index (χ0v) is 9.68. The smallest absolute Gasteiger partial charge is 0.271 e. The van der Waals surface area contributed by atoms with Gasteiger partial charge in [0.05, 0.1) is 13.2 Å². The minimum absolute atomic E-state index is 0.223. The largest absolute Gasteiger partial charge is 0.383 e. The van der Waals surface area contributed by atoms with E-state index >= 15 is 0 Å². The minimum Gasteiger partial charge on any atom is -0.383 e. The van der Waals surface area contributed by atoms with Crippen LogP contribution in [0.4, 0.5) is 0 Å². The van der Waals surface area contributed by atoms with E-state index in [9.17, 15) is 9.59 Å². The number of nitrogens with zero attached hydrogens (tertiary/aromatic N) is 2. The molecule has 2 rings (SSSR count). The van der Waals surface area contributed by atoms with Crippen molar-refractivity contribution < 1.29 is 9.53 Å². The van der Waals surface area contributed by atoms with Crippen LogP contribution in [0.25, 0.3) is 0 Å². The summed E-state index contributed by atoms with van der Waals surface area (Å²) in [6.07, 6.45) is 2.05. The highest BCUT2D eigenvalue weighted by Gasteiger charge is 2.24. The van der Waals surface area contributed by atoms with E-state index in [0.29, 0.717) is 13.2 Å². The van der Waals surface area contributed by atoms with E-state index in [1.54, 1.807) is 7.11 Å². The molecule has 1 saturated carbocycles. The Labute approximate surface area is 98.6 Å². The quantitative estimate of drug-likeness (QED) is 0.768. The fraction of sp³-hybridized carbons (Fsp3) is 0.545. The molecule has 1 aliphatic carbocycles. The van der Waals surface area contributed by atoms with E-state index in [1.165, 1.54) is 16.8 Å². The molecule has 1 heterocycles. The molecule has 6 heteroatoms. The third-order valence-corrected chi connectivity index (χ3v) is 2.52. The van der Waals surface area contributed by atoms with Crippen LogP contribution >= 0.6 is 0 Å². The first-order valence-electron chi connectivity index (χ1n) is 5.58. The maximum atomic E-state index is 11.7. The Bertz CT molecular complexity index is 465. The summed E-state index contributed by atoms with van der Waals surface area (Å²) in [6.45, 7) is 0.737. The van der Waals surface area contributed by atoms with Crippen molar-refractivity contribution in [3.05, 3.63) is 28.2 Å². The highest BCUT2D eigenvalue weighted by Crippen LogP contribution is 2.18. The maximum absolute atomic E-state index is 11.7. The lowest BCUT2D eigenvalue weighted by Gasteiger charge is -2.06. The number of hydrogen-bond acceptors (Lipinski definition) is 4. The van der Waals surface area contributed by atoms with Crippen molar-refractivity contribution in [2.75, 3.05) is 13.7 Å². The number of ether oxygens (including phenoxy) is 1. The highest BCUT2D eigenvalue weighted by atomic mass is 16.5. The zero-order chi connectivity index (χ0) is 12.3. The summed E-state index contributed by atoms with van der Waals surface area (Å²) < 4.78 is 6.12. The number of nitrogens with one attached hydrogen (secondary N) is 1. The molecular formula is C11H15N3O3. The Morgan fingerprint density at radius 1 is 1.59 bits per heavy atom. The molecule has 0 aliphatic heterocycles. The van der Waals surface area contributed by atoms with Gasteiger partial charge in [-0.15, -0.1) is 0 Å². The van der Waals surface area contributed by atoms with Gasteiger partial charge < -0.3 is 10.1 Å². The Hall–Kier alpha value is -1.69. The van der Waals surface area contributed by atoms with Crippen molar-refractivity contribution >= 4 is 5.91 Å². The van der Waals surface area contributed by atoms with E-state index in [1.807, 2.05) is 0 Å². The van der Waals surface area contributed by atoms with E-state index < -0.39 is 0 Å². The Morgan fingerprint density at radius 2 is 2.35 bits per heavy atom. The fourth-order valence-electron chi connectivity index (χ4n) is 1.39. The van der Waals surface area contributed by atoms with E-state index in [2.05, 4.69) is 10.4 Å². The Morgan fingerprint density at radius 3 is 3.00 bits per heavy atom. The van der Waals surface area contributed by atoms with Gasteiger partial charge in [0, 0.05) is 19.2 Å². The predicted molar refractivity (Wildman–Crippen MR) is 60.9 cm³/mol. The summed E-state index contributed by atoms with van der Waals surface area (Å²) in [5.41, 5.74) is 0.0395. The molecule has 1 fully saturated rings. The molecule has 1 aromatic rings. The normalized spacial score (nSPS) is 14.6. The van der Waals surface area contributed by atoms with Crippen molar-refractivity contribution in [3.63, 3.8) is 0 Å². The first-order valence-corrected chi connectivity index (χ1v) is 5.58. The standard InChI is InChI=1S/C11H15N3O3/c1-17-7-6-14-10(15)5-4-9(13-14)11(16)12-8-2-3-8/h4-5,8H,2-3,6-7H2,1H3,(H,12,16). The van der Waals surface area contributed by atoms with Crippen LogP contribution in [0.5, 0.6) is 0 Å². The van der Waals surface area contributed by atoms with Crippen LogP contribution in [0.1, 0.15) is 23.3 Å². The summed E-state index contributed by atoms with van der Waals surface area (Å²) in [4.78, 5) is 23.2. The topological polar surface area (TPSA) is 73.2 Å². The molecule has 1 aromatic heterocycles. The van der Waals surface area contributed by atoms with Crippen molar-refractivity contribution in [3.8, 4) is 0 Å². The van der Waals surface area contributed by atoms with E-state index in [0.717, 1.165) is 12.8 Å². The Kier molecular flexibility index (Phi) is 3.53. The first-order chi connectivity index (χ1) is 8.20. The molecule has 1 N–H and O–H groups in total. The summed E-state index contributed by atoms with van der Waals surface area (Å²) in [7, 11) is 1.55. The second kappa shape index (κ2) is 5.09. The summed E-state index contributed by atoms with van der Waals surface area (Å²) in [5.74, 6) is -0.223. The molecule has 92 valence electrons. The molecule has 1 amide bonds. The van der Waals surface area contributed by atoms with Crippen molar-refractivity contribution in [2.45, 2.75) is 25.4 Å². The van der Waals surface area contributed by atoms with Crippen LogP contribution in [-0.4, -0.2) is 35.4 Å². The number of carbonyl (C=O) groups is 1. The Balaban J connectivity index is 2.11. The van der Waals surface area contributed by atoms with Crippen molar-refractivity contribution in [1.29, 1.82) is 0 Å². The van der Waals surface area contributed by atoms with Crippen LogP contribution in [0, 0.1) is 0 Å². The van der Waals surface area contributed by atoms with Gasteiger partial charge >= 0.3 is 0 Å². The van der Waals surface area contributed by atoms with Gasteiger partial charge in [-0.2, -0.15) is 5.10 Å². The van der Waals surface area contributed by atoms with Gasteiger partial charge in [0.2, 0.25) is 0 Å². The molecule has 0 aromatic carbocycles. The molecular weight excluding hydrogens is 222 g/mol. The predicted octanol–water partition coefficient (Wildman–Crippen LogP) is -0.218. The third-order valence-electron chi connectivity index (χ3n) is 2.52. The number of carbonyl (C=O) groups excluding carboxylic acids is 1. The lowest BCUT2D eigenvalue weighted by molar-refractivity contribution is 0.0942. The molecule has 0 unspecified atom stereocenters. The molecule has 0 atom stereocenters. The lowest BCUT2D eigenvalue weighted by Crippen LogP contribution is -2.31. The van der Waals surface area contributed by atoms with E-state index in [-0.39, 0.29) is 23.2 Å². The molecule has 0 saturated heterocycles. The van der Waals surface area contributed by atoms with Crippen LogP contribution in [0.2, 0.25) is 0 Å². The van der Waals surface area contributed by atoms with Crippen LogP contribution < -0.4 is 10.9 Å². The first kappa shape index (κ1) is 11.8. The van der Waals surface area contributed by atoms with Crippen molar-refractivity contribution in [1.82, 2.24) is 15.1 Å². The van der Waals surface area contributed by atoms with Gasteiger partial charge in [0.1, 0.15) is 5.69 Å². The van der Waals surface area contributed by atoms with Crippen LogP contribution in [0.15, 0.2) is 16.9 Å². The SMILES string of the molecule is COCCn1nc(C(=O)NC2CC2)ccc1=O. The molecule has 0 spiro atoms. The van der Waals surface area contributed by atoms with Gasteiger partial charge in [0.25, 0.3) is 11.5 Å². The van der Waals surface area contributed by atoms with E-state index in [4.69, 9.17) is 4.74 Å². The van der Waals surface area contributed by atoms with Crippen LogP contribution in [0.3, 0.4) is 0 Å². The summed E-state index contributed by atoms with van der Waals surface area (Å²) in [6, 6.07) is 3.08. The average Bonchev–Trinajstić information content (AvgIpc) is 3.11. The third kappa shape index (κ3) is 3.13. The molecule has 1 aliphatic rings. The number of aromatic nitrogens is 2. The molecule has 0 radical (unpaired) electrons. The van der Waals surface area contributed by atoms with Gasteiger partial charge in [-0.05, 0) is 18.9 Å². The summed E-state index contributed by atoms with van der Waals surface area (Å²) in [5, 5.41) is 6.83. The minimum atomic E-state index is -0.231. The van der Waals surface area contributed by atoms with Gasteiger partial charge in [-0.25, -0.2) is 4.68 Å². The maximum Gasteiger partial charge on any atom is 0.271 e. The monoisotopic (exact) mass is 237 g/mol. The van der Waals surface area contributed by atoms with Crippen LogP contribution in [-0.2, 0) is 11.3 Å². The average molecular weight is 237 g/mol. The number of rotatable bonds is 5. The molecule has 17 heavy (non-hydrogen) atoms. The fourth-order valence-corrected chi connectivity index (χ4v) is 1.39. The second-order valence-electron chi connectivity index (χ2n) is 4.02. The van der Waals surface area contributed by atoms with Crippen molar-refractivity contribution in [2.24, 2.45) is 0 Å². The van der Waals surface area contributed by atoms with Gasteiger partial charge in [-0.1, -0.05) is 0 Å². The summed E-state index contributed by atoms with van der Waals surface area (Å²) >= 11 is 0. The second-order valence-corrected chi connectivity index (χ2v) is 4.02. The molecule has 6 nitrogen and oxygen atoms in total. The highest BCUT2D eigenvalue weighted by molar-refractivity contribution is 5.92. The molecule has 0 bridgehead atoms. The zero-order valence-electron chi connectivity index (χ0n) is 9.68. The number of hydrogen-bond donors (Lipinski definition) is 1. The number of amides is 1. The van der Waals surface area contributed by atoms with Gasteiger partial charge in [-0.3, -0.25) is 9.59 Å². The lowest BCUT2D eigenvalue weighted by atomic mass is 10.3.